The van der Waals surface area contributed by atoms with E-state index in [9.17, 15) is 58.4 Å². The average molecular weight is 733 g/mol. The molecule has 0 radical (unpaired) electrons. The van der Waals surface area contributed by atoms with Gasteiger partial charge in [-0.15, -0.1) is 0 Å². The number of nitrogens with zero attached hydrogens (tertiary/aromatic N) is 5. The largest absolute Gasteiger partial charge is 0.490 e. The highest BCUT2D eigenvalue weighted by Crippen LogP contribution is 2.67. The van der Waals surface area contributed by atoms with E-state index >= 15 is 0 Å². The summed E-state index contributed by atoms with van der Waals surface area (Å²) in [6.45, 7) is -2.16. The van der Waals surface area contributed by atoms with Gasteiger partial charge in [0.1, 0.15) is 48.5 Å². The number of imidazole rings is 1. The van der Waals surface area contributed by atoms with E-state index in [4.69, 9.17) is 15.2 Å². The first-order chi connectivity index (χ1) is 21.9. The lowest BCUT2D eigenvalue weighted by molar-refractivity contribution is -0.0543. The topological polar surface area (TPSA) is 373 Å². The number of hydrogen-bond acceptors (Lipinski definition) is 19. The lowest BCUT2D eigenvalue weighted by Crippen LogP contribution is -2.37. The molecule has 0 aromatic carbocycles. The van der Waals surface area contributed by atoms with Crippen molar-refractivity contribution in [3.05, 3.63) is 45.8 Å². The number of nitrogens with two attached hydrogens (primary N) is 1. The lowest BCUT2D eigenvalue weighted by atomic mass is 10.1. The summed E-state index contributed by atoms with van der Waals surface area (Å²) < 4.78 is 66.6. The van der Waals surface area contributed by atoms with E-state index in [-0.39, 0.29) is 17.0 Å². The van der Waals surface area contributed by atoms with E-state index in [1.807, 2.05) is 4.98 Å². The van der Waals surface area contributed by atoms with Gasteiger partial charge >= 0.3 is 29.2 Å². The molecule has 25 nitrogen and oxygen atoms in total. The van der Waals surface area contributed by atoms with Crippen LogP contribution >= 0.6 is 23.5 Å². The van der Waals surface area contributed by atoms with Crippen LogP contribution in [0.5, 0.6) is 0 Å². The predicted octanol–water partition coefficient (Wildman–Crippen LogP) is -3.44. The maximum atomic E-state index is 12.4. The van der Waals surface area contributed by atoms with Gasteiger partial charge in [-0.05, 0) is 0 Å². The van der Waals surface area contributed by atoms with Crippen molar-refractivity contribution in [2.75, 3.05) is 18.9 Å². The third-order valence-corrected chi connectivity index (χ3v) is 10.9. The number of aliphatic hydroxyl groups is 4. The van der Waals surface area contributed by atoms with Gasteiger partial charge in [-0.1, -0.05) is 0 Å². The third kappa shape index (κ3) is 7.76. The molecule has 10 N–H and O–H groups in total. The molecule has 2 fully saturated rings. The van der Waals surface area contributed by atoms with E-state index in [2.05, 4.69) is 32.6 Å². The molecule has 0 spiro atoms. The highest BCUT2D eigenvalue weighted by molar-refractivity contribution is 7.66. The number of aliphatic hydroxyl groups excluding tert-OH is 4. The SMILES string of the molecule is Nc1ncnc2c1ncn2C1OC(COP(=O)(O)OP(=O)(O)OP(=O)(O)OCC2OC(n3ccc(=O)[nH]c3=O)C(O)C2O)C(O)C1O. The van der Waals surface area contributed by atoms with Gasteiger partial charge in [0, 0.05) is 12.3 Å². The van der Waals surface area contributed by atoms with Crippen molar-refractivity contribution in [2.45, 2.75) is 49.1 Å². The number of H-pyrrole nitrogens is 1. The van der Waals surface area contributed by atoms with Crippen LogP contribution in [0, 0.1) is 0 Å². The Balaban J connectivity index is 1.15. The first kappa shape index (κ1) is 35.5. The van der Waals surface area contributed by atoms with Gasteiger partial charge in [-0.2, -0.15) is 8.62 Å². The summed E-state index contributed by atoms with van der Waals surface area (Å²) in [6, 6.07) is 0.907. The fourth-order valence-electron chi connectivity index (χ4n) is 4.54. The van der Waals surface area contributed by atoms with Crippen LogP contribution in [0.25, 0.3) is 11.2 Å². The second-order valence-electron chi connectivity index (χ2n) is 9.85. The zero-order valence-corrected chi connectivity index (χ0v) is 25.8. The Bertz CT molecular complexity index is 1890. The third-order valence-electron chi connectivity index (χ3n) is 6.68. The molecule has 3 aromatic heterocycles. The second kappa shape index (κ2) is 13.2. The van der Waals surface area contributed by atoms with Crippen LogP contribution in [0.15, 0.2) is 34.5 Å². The van der Waals surface area contributed by atoms with Crippen molar-refractivity contribution in [3.8, 4) is 0 Å². The molecule has 11 atom stereocenters. The summed E-state index contributed by atoms with van der Waals surface area (Å²) >= 11 is 0. The summed E-state index contributed by atoms with van der Waals surface area (Å²) in [7, 11) is -17.3. The summed E-state index contributed by atoms with van der Waals surface area (Å²) in [5, 5.41) is 41.3. The van der Waals surface area contributed by atoms with Gasteiger partial charge < -0.3 is 50.3 Å². The number of ether oxygens (including phenoxy) is 2. The summed E-state index contributed by atoms with van der Waals surface area (Å²) in [5.41, 5.74) is 4.17. The summed E-state index contributed by atoms with van der Waals surface area (Å²) in [6.07, 6.45) is -10.0. The van der Waals surface area contributed by atoms with Gasteiger partial charge in [0.25, 0.3) is 5.56 Å². The van der Waals surface area contributed by atoms with Crippen molar-refractivity contribution in [1.82, 2.24) is 29.1 Å². The van der Waals surface area contributed by atoms with Crippen molar-refractivity contribution in [2.24, 2.45) is 0 Å². The number of rotatable bonds is 12. The molecule has 3 aromatic rings. The van der Waals surface area contributed by atoms with Crippen LogP contribution in [0.1, 0.15) is 12.5 Å². The van der Waals surface area contributed by atoms with Crippen LogP contribution in [-0.2, 0) is 40.8 Å². The number of phosphoric acid groups is 3. The molecular weight excluding hydrogens is 707 g/mol. The Labute approximate surface area is 259 Å². The van der Waals surface area contributed by atoms with E-state index < -0.39 is 97.0 Å². The molecule has 5 heterocycles. The molecule has 0 saturated carbocycles. The van der Waals surface area contributed by atoms with E-state index in [0.717, 1.165) is 18.6 Å². The lowest BCUT2D eigenvalue weighted by Gasteiger charge is -2.21. The number of aromatic nitrogens is 6. The Kier molecular flexibility index (Phi) is 10.0. The molecule has 11 unspecified atom stereocenters. The molecule has 0 bridgehead atoms. The van der Waals surface area contributed by atoms with E-state index in [0.29, 0.717) is 4.57 Å². The summed E-state index contributed by atoms with van der Waals surface area (Å²) in [4.78, 5) is 66.5. The molecule has 0 amide bonds. The van der Waals surface area contributed by atoms with Gasteiger partial charge in [0.05, 0.1) is 19.5 Å². The van der Waals surface area contributed by atoms with Gasteiger partial charge in [-0.25, -0.2) is 33.4 Å². The molecule has 0 aliphatic carbocycles. The molecule has 47 heavy (non-hydrogen) atoms. The van der Waals surface area contributed by atoms with Crippen LogP contribution in [0.4, 0.5) is 5.82 Å². The fourth-order valence-corrected chi connectivity index (χ4v) is 8.06. The minimum Gasteiger partial charge on any atom is -0.387 e. The monoisotopic (exact) mass is 733 g/mol. The quantitative estimate of drug-likeness (QED) is 0.0817. The minimum absolute atomic E-state index is 0.00560. The Morgan fingerprint density at radius 1 is 0.809 bits per heavy atom. The van der Waals surface area contributed by atoms with Gasteiger partial charge in [-0.3, -0.25) is 28.0 Å². The molecule has 2 aliphatic rings. The smallest absolute Gasteiger partial charge is 0.387 e. The Hall–Kier alpha value is -2.80. The van der Waals surface area contributed by atoms with Gasteiger partial charge in [0.15, 0.2) is 23.9 Å². The molecule has 5 rings (SSSR count). The van der Waals surface area contributed by atoms with Gasteiger partial charge in [0.2, 0.25) is 0 Å². The van der Waals surface area contributed by atoms with Crippen LogP contribution in [-0.4, -0.2) is 114 Å². The fraction of sp³-hybridized carbons (Fsp3) is 0.526. The predicted molar refractivity (Wildman–Crippen MR) is 146 cm³/mol. The van der Waals surface area contributed by atoms with Crippen molar-refractivity contribution in [1.29, 1.82) is 0 Å². The highest BCUT2D eigenvalue weighted by atomic mass is 31.3. The highest BCUT2D eigenvalue weighted by Gasteiger charge is 2.49. The number of aromatic amines is 1. The zero-order chi connectivity index (χ0) is 34.5. The molecule has 2 saturated heterocycles. The van der Waals surface area contributed by atoms with Crippen LogP contribution in [0.3, 0.4) is 0 Å². The molecule has 2 aliphatic heterocycles. The standard InChI is InChI=1S/C19H26N7O18P3/c20-15-10-16(22-5-21-15)26(6-23-10)18-14(31)12(29)8(42-18)4-40-46(35,36)44-47(37,38)43-45(33,34)39-3-7-11(28)13(30)17(41-7)25-2-1-9(27)24-19(25)32/h1-2,5-8,11-14,17-18,28-31H,3-4H2,(H,33,34)(H,35,36)(H,37,38)(H2,20,21,22)(H,24,27,32). The van der Waals surface area contributed by atoms with Crippen molar-refractivity contribution < 1.29 is 75.9 Å². The minimum atomic E-state index is -5.97. The second-order valence-corrected chi connectivity index (χ2v) is 14.5. The first-order valence-corrected chi connectivity index (χ1v) is 17.3. The number of hydrogen-bond donors (Lipinski definition) is 9. The number of anilines is 1. The molecule has 28 heteroatoms. The number of nitrogens with one attached hydrogen (secondary N) is 1. The normalized spacial score (nSPS) is 31.8. The Morgan fingerprint density at radius 3 is 1.87 bits per heavy atom. The van der Waals surface area contributed by atoms with E-state index in [1.54, 1.807) is 0 Å². The van der Waals surface area contributed by atoms with Crippen molar-refractivity contribution >= 4 is 40.4 Å². The first-order valence-electron chi connectivity index (χ1n) is 12.9. The van der Waals surface area contributed by atoms with E-state index in [1.165, 1.54) is 10.9 Å². The van der Waals surface area contributed by atoms with Crippen molar-refractivity contribution in [3.63, 3.8) is 0 Å². The molecule has 260 valence electrons. The number of nitrogen functional groups attached to an aromatic ring is 1. The molecular formula is C19H26N7O18P3. The van der Waals surface area contributed by atoms with Crippen LogP contribution < -0.4 is 17.0 Å². The number of phosphoric ester groups is 2. The zero-order valence-electron chi connectivity index (χ0n) is 23.1. The Morgan fingerprint density at radius 2 is 1.34 bits per heavy atom. The maximum Gasteiger partial charge on any atom is 0.490 e. The average Bonchev–Trinajstić information content (AvgIpc) is 3.60. The summed E-state index contributed by atoms with van der Waals surface area (Å²) in [5.74, 6) is 0.00560. The van der Waals surface area contributed by atoms with Crippen LogP contribution in [0.2, 0.25) is 0 Å². The number of fused-ring (bicyclic) bond motifs is 1. The maximum absolute atomic E-state index is 12.4.